The van der Waals surface area contributed by atoms with Gasteiger partial charge in [-0.15, -0.1) is 0 Å². The predicted octanol–water partition coefficient (Wildman–Crippen LogP) is 5.97. The Labute approximate surface area is 192 Å². The van der Waals surface area contributed by atoms with Gasteiger partial charge in [0.05, 0.1) is 30.7 Å². The third-order valence-electron chi connectivity index (χ3n) is 6.22. The van der Waals surface area contributed by atoms with Gasteiger partial charge in [-0.1, -0.05) is 18.2 Å². The number of fused-ring (bicyclic) bond motifs is 4. The van der Waals surface area contributed by atoms with Gasteiger partial charge in [-0.05, 0) is 72.9 Å². The molecule has 0 saturated heterocycles. The minimum atomic E-state index is -0.277. The number of rotatable bonds is 6. The van der Waals surface area contributed by atoms with E-state index in [-0.39, 0.29) is 5.82 Å². The molecule has 4 nitrogen and oxygen atoms in total. The molecule has 0 amide bonds. The summed E-state index contributed by atoms with van der Waals surface area (Å²) < 4.78 is 31.0. The van der Waals surface area contributed by atoms with E-state index in [2.05, 4.69) is 35.2 Å². The molecule has 0 aromatic heterocycles. The molecule has 0 aliphatic carbocycles. The van der Waals surface area contributed by atoms with E-state index < -0.39 is 0 Å². The number of methoxy groups -OCH3 is 1. The summed E-state index contributed by atoms with van der Waals surface area (Å²) >= 11 is 1.14. The van der Waals surface area contributed by atoms with Crippen molar-refractivity contribution in [3.8, 4) is 17.2 Å². The lowest BCUT2D eigenvalue weighted by molar-refractivity contribution is 0.157. The maximum atomic E-state index is 13.5. The van der Waals surface area contributed by atoms with Gasteiger partial charge in [0, 0.05) is 24.7 Å². The first-order valence-electron chi connectivity index (χ1n) is 10.9. The molecule has 0 radical (unpaired) electrons. The highest BCUT2D eigenvalue weighted by Crippen LogP contribution is 2.44. The lowest BCUT2D eigenvalue weighted by Crippen LogP contribution is -2.39. The number of ether oxygens (including phenoxy) is 2. The molecule has 5 rings (SSSR count). The van der Waals surface area contributed by atoms with Crippen LogP contribution in [0.15, 0.2) is 59.5 Å². The second kappa shape index (κ2) is 9.04. The van der Waals surface area contributed by atoms with Crippen LogP contribution in [-0.2, 0) is 19.4 Å². The van der Waals surface area contributed by atoms with Gasteiger partial charge in [-0.2, -0.15) is 0 Å². The smallest absolute Gasteiger partial charge is 0.179 e. The van der Waals surface area contributed by atoms with Gasteiger partial charge in [0.2, 0.25) is 0 Å². The predicted molar refractivity (Wildman–Crippen MR) is 124 cm³/mol. The van der Waals surface area contributed by atoms with E-state index in [0.29, 0.717) is 29.0 Å². The standard InChI is InChI=1S/C26H26FNO3S/c1-3-30-24-9-4-6-17-12-23-21-15-25(29-2)26(31-32-20-8-5-7-19(27)14-20)13-18(21)10-11-28(23)16-22(17)24/h4-9,13-15,23H,3,10-12,16H2,1-2H3. The lowest BCUT2D eigenvalue weighted by Gasteiger charge is -2.42. The Hall–Kier alpha value is -2.70. The molecule has 2 aliphatic rings. The Morgan fingerprint density at radius 1 is 1.03 bits per heavy atom. The van der Waals surface area contributed by atoms with Gasteiger partial charge < -0.3 is 13.7 Å². The minimum absolute atomic E-state index is 0.277. The summed E-state index contributed by atoms with van der Waals surface area (Å²) in [5.74, 6) is 2.10. The quantitative estimate of drug-likeness (QED) is 0.431. The fourth-order valence-electron chi connectivity index (χ4n) is 4.71. The lowest BCUT2D eigenvalue weighted by atomic mass is 9.83. The van der Waals surface area contributed by atoms with Crippen LogP contribution in [-0.4, -0.2) is 25.2 Å². The molecule has 0 spiro atoms. The van der Waals surface area contributed by atoms with Crippen molar-refractivity contribution in [2.45, 2.75) is 37.2 Å². The first-order chi connectivity index (χ1) is 15.7. The molecule has 3 aromatic rings. The molecule has 2 heterocycles. The van der Waals surface area contributed by atoms with Crippen LogP contribution in [0.5, 0.6) is 17.2 Å². The Morgan fingerprint density at radius 2 is 1.91 bits per heavy atom. The summed E-state index contributed by atoms with van der Waals surface area (Å²) in [6, 6.07) is 17.3. The first kappa shape index (κ1) is 21.2. The third-order valence-corrected chi connectivity index (χ3v) is 6.93. The first-order valence-corrected chi connectivity index (χ1v) is 11.7. The summed E-state index contributed by atoms with van der Waals surface area (Å²) in [4.78, 5) is 3.25. The molecule has 1 atom stereocenters. The molecular formula is C26H26FNO3S. The maximum Gasteiger partial charge on any atom is 0.179 e. The Kier molecular flexibility index (Phi) is 5.98. The van der Waals surface area contributed by atoms with Crippen molar-refractivity contribution in [3.05, 3.63) is 82.7 Å². The van der Waals surface area contributed by atoms with Crippen LogP contribution in [0.3, 0.4) is 0 Å². The molecule has 0 saturated carbocycles. The molecule has 32 heavy (non-hydrogen) atoms. The van der Waals surface area contributed by atoms with Crippen molar-refractivity contribution < 1.29 is 18.0 Å². The van der Waals surface area contributed by atoms with E-state index in [4.69, 9.17) is 13.7 Å². The topological polar surface area (TPSA) is 30.9 Å². The van der Waals surface area contributed by atoms with Gasteiger partial charge in [-0.25, -0.2) is 4.39 Å². The second-order valence-electron chi connectivity index (χ2n) is 8.09. The largest absolute Gasteiger partial charge is 0.494 e. The molecule has 0 bridgehead atoms. The van der Waals surface area contributed by atoms with Crippen LogP contribution in [0.25, 0.3) is 0 Å². The van der Waals surface area contributed by atoms with Gasteiger partial charge in [0.15, 0.2) is 11.5 Å². The van der Waals surface area contributed by atoms with Gasteiger partial charge in [-0.3, -0.25) is 4.90 Å². The maximum absolute atomic E-state index is 13.5. The third kappa shape index (κ3) is 4.05. The van der Waals surface area contributed by atoms with Crippen molar-refractivity contribution in [3.63, 3.8) is 0 Å². The van der Waals surface area contributed by atoms with E-state index in [9.17, 15) is 4.39 Å². The zero-order valence-electron chi connectivity index (χ0n) is 18.3. The molecule has 6 heteroatoms. The van der Waals surface area contributed by atoms with E-state index in [0.717, 1.165) is 43.7 Å². The normalized spacial score (nSPS) is 17.2. The number of benzene rings is 3. The fraction of sp³-hybridized carbons (Fsp3) is 0.308. The Bertz CT molecular complexity index is 1140. The summed E-state index contributed by atoms with van der Waals surface area (Å²) in [6.45, 7) is 4.59. The van der Waals surface area contributed by atoms with Crippen LogP contribution < -0.4 is 13.7 Å². The van der Waals surface area contributed by atoms with E-state index in [1.165, 1.54) is 34.4 Å². The molecule has 166 valence electrons. The van der Waals surface area contributed by atoms with Crippen molar-refractivity contribution in [2.75, 3.05) is 20.3 Å². The van der Waals surface area contributed by atoms with Crippen LogP contribution in [0.2, 0.25) is 0 Å². The average molecular weight is 452 g/mol. The summed E-state index contributed by atoms with van der Waals surface area (Å²) in [7, 11) is 1.66. The van der Waals surface area contributed by atoms with Crippen molar-refractivity contribution in [1.29, 1.82) is 0 Å². The van der Waals surface area contributed by atoms with E-state index >= 15 is 0 Å². The Morgan fingerprint density at radius 3 is 2.72 bits per heavy atom. The highest BCUT2D eigenvalue weighted by atomic mass is 32.2. The number of hydrogen-bond donors (Lipinski definition) is 0. The molecule has 3 aromatic carbocycles. The summed E-state index contributed by atoms with van der Waals surface area (Å²) in [5.41, 5.74) is 5.24. The molecule has 2 aliphatic heterocycles. The molecular weight excluding hydrogens is 425 g/mol. The van der Waals surface area contributed by atoms with Crippen LogP contribution in [0.1, 0.15) is 35.2 Å². The summed E-state index contributed by atoms with van der Waals surface area (Å²) in [6.07, 6.45) is 1.90. The van der Waals surface area contributed by atoms with Gasteiger partial charge in [0.25, 0.3) is 0 Å². The molecule has 0 fully saturated rings. The molecule has 0 N–H and O–H groups in total. The zero-order chi connectivity index (χ0) is 22.1. The van der Waals surface area contributed by atoms with Crippen molar-refractivity contribution >= 4 is 12.0 Å². The summed E-state index contributed by atoms with van der Waals surface area (Å²) in [5, 5.41) is 0. The van der Waals surface area contributed by atoms with Crippen molar-refractivity contribution in [1.82, 2.24) is 4.90 Å². The van der Waals surface area contributed by atoms with Crippen LogP contribution in [0, 0.1) is 5.82 Å². The van der Waals surface area contributed by atoms with Crippen LogP contribution in [0.4, 0.5) is 4.39 Å². The monoisotopic (exact) mass is 451 g/mol. The van der Waals surface area contributed by atoms with Crippen LogP contribution >= 0.6 is 12.0 Å². The van der Waals surface area contributed by atoms with Gasteiger partial charge in [0.1, 0.15) is 11.6 Å². The second-order valence-corrected chi connectivity index (χ2v) is 8.90. The number of halogens is 1. The van der Waals surface area contributed by atoms with E-state index in [1.54, 1.807) is 13.2 Å². The van der Waals surface area contributed by atoms with Crippen molar-refractivity contribution in [2.24, 2.45) is 0 Å². The van der Waals surface area contributed by atoms with E-state index in [1.807, 2.05) is 13.0 Å². The number of hydrogen-bond acceptors (Lipinski definition) is 5. The average Bonchev–Trinajstić information content (AvgIpc) is 2.81. The minimum Gasteiger partial charge on any atom is -0.494 e. The number of nitrogens with zero attached hydrogens (tertiary/aromatic N) is 1. The highest BCUT2D eigenvalue weighted by molar-refractivity contribution is 7.95. The molecule has 1 unspecified atom stereocenters. The fourth-order valence-corrected chi connectivity index (χ4v) is 5.32. The van der Waals surface area contributed by atoms with Gasteiger partial charge >= 0.3 is 0 Å². The Balaban J connectivity index is 1.42. The zero-order valence-corrected chi connectivity index (χ0v) is 19.1. The highest BCUT2D eigenvalue weighted by Gasteiger charge is 2.34. The SMILES string of the molecule is CCOc1cccc2c1CN1CCc3cc(OSc4cccc(F)c4)c(OC)cc3C1C2.